The zero-order chi connectivity index (χ0) is 9.68. The van der Waals surface area contributed by atoms with Gasteiger partial charge in [-0.3, -0.25) is 4.79 Å². The average molecular weight is 174 g/mol. The first-order valence-corrected chi connectivity index (χ1v) is 4.41. The normalized spacial score (nSPS) is 12.1. The molecular weight excluding hydrogens is 160 g/mol. The number of Topliss-reactive ketones (excluding diaryl/α,β-unsaturated/α-hetero) is 1. The summed E-state index contributed by atoms with van der Waals surface area (Å²) in [5.74, 6) is 0.368. The first-order valence-electron chi connectivity index (χ1n) is 4.41. The van der Waals surface area contributed by atoms with Crippen LogP contribution in [0.15, 0.2) is 43.0 Å². The van der Waals surface area contributed by atoms with Gasteiger partial charge in [-0.1, -0.05) is 36.4 Å². The predicted octanol–water partition coefficient (Wildman–Crippen LogP) is 2.94. The van der Waals surface area contributed by atoms with Gasteiger partial charge >= 0.3 is 0 Å². The van der Waals surface area contributed by atoms with Gasteiger partial charge in [0.25, 0.3) is 0 Å². The van der Waals surface area contributed by atoms with Crippen LogP contribution in [0.2, 0.25) is 0 Å². The van der Waals surface area contributed by atoms with Crippen molar-refractivity contribution in [3.05, 3.63) is 48.6 Å². The van der Waals surface area contributed by atoms with Gasteiger partial charge in [-0.15, -0.1) is 6.58 Å². The topological polar surface area (TPSA) is 17.1 Å². The third-order valence-corrected chi connectivity index (χ3v) is 2.02. The van der Waals surface area contributed by atoms with E-state index in [-0.39, 0.29) is 11.7 Å². The van der Waals surface area contributed by atoms with Gasteiger partial charge in [-0.25, -0.2) is 0 Å². The molecule has 0 aliphatic rings. The van der Waals surface area contributed by atoms with Crippen LogP contribution < -0.4 is 0 Å². The molecule has 0 heterocycles. The van der Waals surface area contributed by atoms with Crippen LogP contribution in [0.3, 0.4) is 0 Å². The summed E-state index contributed by atoms with van der Waals surface area (Å²) in [7, 11) is 0. The summed E-state index contributed by atoms with van der Waals surface area (Å²) in [5.41, 5.74) is 1.16. The number of carbonyl (C=O) groups excluding carboxylic acids is 1. The molecule has 13 heavy (non-hydrogen) atoms. The van der Waals surface area contributed by atoms with Crippen molar-refractivity contribution in [3.63, 3.8) is 0 Å². The number of ketones is 1. The Hall–Kier alpha value is -1.37. The molecule has 0 aromatic heterocycles. The highest BCUT2D eigenvalue weighted by Crippen LogP contribution is 2.20. The summed E-state index contributed by atoms with van der Waals surface area (Å²) < 4.78 is 0. The van der Waals surface area contributed by atoms with Crippen LogP contribution in [0.25, 0.3) is 0 Å². The molecular formula is C12H14O. The van der Waals surface area contributed by atoms with Crippen molar-refractivity contribution in [3.8, 4) is 0 Å². The second kappa shape index (κ2) is 4.61. The van der Waals surface area contributed by atoms with Gasteiger partial charge in [-0.05, 0) is 12.5 Å². The molecule has 0 saturated heterocycles. The molecule has 0 saturated carbocycles. The fourth-order valence-corrected chi connectivity index (χ4v) is 1.35. The van der Waals surface area contributed by atoms with Crippen LogP contribution in [0.5, 0.6) is 0 Å². The van der Waals surface area contributed by atoms with Crippen molar-refractivity contribution in [1.82, 2.24) is 0 Å². The molecule has 68 valence electrons. The van der Waals surface area contributed by atoms with Crippen LogP contribution in [0, 0.1) is 0 Å². The minimum absolute atomic E-state index is 0.165. The van der Waals surface area contributed by atoms with Crippen LogP contribution >= 0.6 is 0 Å². The molecule has 0 spiro atoms. The highest BCUT2D eigenvalue weighted by atomic mass is 16.1. The molecule has 1 aromatic rings. The fourth-order valence-electron chi connectivity index (χ4n) is 1.35. The van der Waals surface area contributed by atoms with Crippen molar-refractivity contribution in [1.29, 1.82) is 0 Å². The lowest BCUT2D eigenvalue weighted by Gasteiger charge is -2.09. The second-order valence-electron chi connectivity index (χ2n) is 3.16. The molecule has 0 aliphatic carbocycles. The van der Waals surface area contributed by atoms with Gasteiger partial charge in [0.15, 0.2) is 0 Å². The fraction of sp³-hybridized carbons (Fsp3) is 0.250. The van der Waals surface area contributed by atoms with E-state index in [1.807, 2.05) is 36.4 Å². The number of hydrogen-bond acceptors (Lipinski definition) is 1. The first-order chi connectivity index (χ1) is 6.24. The van der Waals surface area contributed by atoms with Crippen molar-refractivity contribution in [2.75, 3.05) is 0 Å². The highest BCUT2D eigenvalue weighted by molar-refractivity contribution is 5.76. The third-order valence-electron chi connectivity index (χ3n) is 2.02. The molecule has 1 heteroatoms. The van der Waals surface area contributed by atoms with Crippen molar-refractivity contribution < 1.29 is 4.79 Å². The van der Waals surface area contributed by atoms with E-state index in [4.69, 9.17) is 0 Å². The maximum absolute atomic E-state index is 10.9. The Balaban J connectivity index is 2.78. The van der Waals surface area contributed by atoms with E-state index in [2.05, 4.69) is 6.58 Å². The number of benzene rings is 1. The molecule has 1 atom stereocenters. The largest absolute Gasteiger partial charge is 0.300 e. The van der Waals surface area contributed by atoms with Gasteiger partial charge in [-0.2, -0.15) is 0 Å². The molecule has 0 fully saturated rings. The van der Waals surface area contributed by atoms with E-state index in [1.165, 1.54) is 0 Å². The monoisotopic (exact) mass is 174 g/mol. The SMILES string of the molecule is C=CC(CC(C)=O)c1ccccc1. The van der Waals surface area contributed by atoms with Gasteiger partial charge < -0.3 is 0 Å². The van der Waals surface area contributed by atoms with Crippen molar-refractivity contribution in [2.45, 2.75) is 19.3 Å². The van der Waals surface area contributed by atoms with Gasteiger partial charge in [0.2, 0.25) is 0 Å². The van der Waals surface area contributed by atoms with E-state index in [1.54, 1.807) is 6.92 Å². The summed E-state index contributed by atoms with van der Waals surface area (Å²) in [6, 6.07) is 9.97. The Kier molecular flexibility index (Phi) is 3.44. The molecule has 0 radical (unpaired) electrons. The molecule has 1 aromatic carbocycles. The standard InChI is InChI=1S/C12H14O/c1-3-11(9-10(2)13)12-7-5-4-6-8-12/h3-8,11H,1,9H2,2H3. The second-order valence-corrected chi connectivity index (χ2v) is 3.16. The van der Waals surface area contributed by atoms with Gasteiger partial charge in [0.1, 0.15) is 5.78 Å². The van der Waals surface area contributed by atoms with E-state index in [9.17, 15) is 4.79 Å². The maximum atomic E-state index is 10.9. The first kappa shape index (κ1) is 9.72. The lowest BCUT2D eigenvalue weighted by Crippen LogP contribution is -2.00. The Morgan fingerprint density at radius 2 is 2.08 bits per heavy atom. The Bertz CT molecular complexity index is 287. The average Bonchev–Trinajstić information content (AvgIpc) is 2.15. The molecule has 0 bridgehead atoms. The number of hydrogen-bond donors (Lipinski definition) is 0. The van der Waals surface area contributed by atoms with Crippen LogP contribution in [-0.2, 0) is 4.79 Å². The van der Waals surface area contributed by atoms with E-state index in [0.717, 1.165) is 5.56 Å². The Morgan fingerprint density at radius 3 is 2.54 bits per heavy atom. The lowest BCUT2D eigenvalue weighted by molar-refractivity contribution is -0.117. The highest BCUT2D eigenvalue weighted by Gasteiger charge is 2.08. The van der Waals surface area contributed by atoms with Gasteiger partial charge in [0.05, 0.1) is 0 Å². The van der Waals surface area contributed by atoms with Crippen molar-refractivity contribution >= 4 is 5.78 Å². The predicted molar refractivity (Wildman–Crippen MR) is 54.7 cm³/mol. The molecule has 1 unspecified atom stereocenters. The van der Waals surface area contributed by atoms with E-state index in [0.29, 0.717) is 6.42 Å². The Labute approximate surface area is 79.1 Å². The van der Waals surface area contributed by atoms with Crippen LogP contribution in [0.1, 0.15) is 24.8 Å². The number of carbonyl (C=O) groups is 1. The summed E-state index contributed by atoms with van der Waals surface area (Å²) in [5, 5.41) is 0. The summed E-state index contributed by atoms with van der Waals surface area (Å²) in [6.45, 7) is 5.35. The van der Waals surface area contributed by atoms with E-state index >= 15 is 0 Å². The molecule has 1 rings (SSSR count). The molecule has 1 nitrogen and oxygen atoms in total. The minimum Gasteiger partial charge on any atom is -0.300 e. The van der Waals surface area contributed by atoms with Crippen LogP contribution in [-0.4, -0.2) is 5.78 Å². The van der Waals surface area contributed by atoms with Gasteiger partial charge in [0, 0.05) is 12.3 Å². The zero-order valence-electron chi connectivity index (χ0n) is 7.86. The van der Waals surface area contributed by atoms with E-state index < -0.39 is 0 Å². The smallest absolute Gasteiger partial charge is 0.130 e. The lowest BCUT2D eigenvalue weighted by atomic mass is 9.94. The van der Waals surface area contributed by atoms with Crippen LogP contribution in [0.4, 0.5) is 0 Å². The van der Waals surface area contributed by atoms with Crippen molar-refractivity contribution in [2.24, 2.45) is 0 Å². The quantitative estimate of drug-likeness (QED) is 0.641. The Morgan fingerprint density at radius 1 is 1.46 bits per heavy atom. The number of allylic oxidation sites excluding steroid dienone is 1. The third kappa shape index (κ3) is 2.86. The minimum atomic E-state index is 0.165. The molecule has 0 aliphatic heterocycles. The molecule has 0 amide bonds. The summed E-state index contributed by atoms with van der Waals surface area (Å²) in [4.78, 5) is 10.9. The summed E-state index contributed by atoms with van der Waals surface area (Å²) in [6.07, 6.45) is 2.38. The molecule has 0 N–H and O–H groups in total. The zero-order valence-corrected chi connectivity index (χ0v) is 7.86. The maximum Gasteiger partial charge on any atom is 0.130 e. The number of rotatable bonds is 4. The summed E-state index contributed by atoms with van der Waals surface area (Å²) >= 11 is 0.